The van der Waals surface area contributed by atoms with E-state index in [-0.39, 0.29) is 0 Å². The Bertz CT molecular complexity index is 70.8. The van der Waals surface area contributed by atoms with Crippen molar-refractivity contribution < 1.29 is 4.74 Å². The van der Waals surface area contributed by atoms with E-state index >= 15 is 0 Å². The third kappa shape index (κ3) is 1.03. The molecule has 1 saturated carbocycles. The molecule has 0 heterocycles. The molecule has 48 valence electrons. The molecule has 0 radical (unpaired) electrons. The fourth-order valence-electron chi connectivity index (χ4n) is 1.46. The summed E-state index contributed by atoms with van der Waals surface area (Å²) in [6.07, 6.45) is 4.56. The first kappa shape index (κ1) is 6.09. The van der Waals surface area contributed by atoms with Crippen LogP contribution in [-0.2, 0) is 4.74 Å². The van der Waals surface area contributed by atoms with Crippen molar-refractivity contribution in [1.29, 1.82) is 0 Å². The highest BCUT2D eigenvalue weighted by Gasteiger charge is 2.21. The van der Waals surface area contributed by atoms with Crippen molar-refractivity contribution in [2.45, 2.75) is 32.3 Å². The lowest BCUT2D eigenvalue weighted by Crippen LogP contribution is -2.12. The van der Waals surface area contributed by atoms with Gasteiger partial charge in [-0.15, -0.1) is 0 Å². The molecule has 8 heavy (non-hydrogen) atoms. The van der Waals surface area contributed by atoms with Gasteiger partial charge in [0.05, 0.1) is 6.10 Å². The van der Waals surface area contributed by atoms with Crippen molar-refractivity contribution >= 4 is 0 Å². The van der Waals surface area contributed by atoms with Crippen molar-refractivity contribution in [3.63, 3.8) is 0 Å². The third-order valence-corrected chi connectivity index (χ3v) is 2.09. The molecule has 0 aliphatic heterocycles. The first-order chi connectivity index (χ1) is 3.84. The zero-order valence-corrected chi connectivity index (χ0v) is 5.68. The Kier molecular flexibility index (Phi) is 1.90. The summed E-state index contributed by atoms with van der Waals surface area (Å²) >= 11 is 0. The van der Waals surface area contributed by atoms with E-state index in [0.717, 1.165) is 5.92 Å². The molecule has 1 aliphatic carbocycles. The van der Waals surface area contributed by atoms with E-state index in [1.54, 1.807) is 0 Å². The number of hydrogen-bond acceptors (Lipinski definition) is 1. The van der Waals surface area contributed by atoms with E-state index in [1.165, 1.54) is 19.3 Å². The van der Waals surface area contributed by atoms with Crippen molar-refractivity contribution in [2.24, 2.45) is 5.92 Å². The summed E-state index contributed by atoms with van der Waals surface area (Å²) in [5.74, 6) is 0.806. The molecule has 0 aromatic heterocycles. The molecular formula is C7H14O. The molecule has 1 nitrogen and oxygen atoms in total. The average Bonchev–Trinajstić information content (AvgIpc) is 2.14. The molecule has 2 atom stereocenters. The van der Waals surface area contributed by atoms with E-state index in [2.05, 4.69) is 6.92 Å². The summed E-state index contributed by atoms with van der Waals surface area (Å²) in [7, 11) is 1.81. The highest BCUT2D eigenvalue weighted by molar-refractivity contribution is 4.73. The van der Waals surface area contributed by atoms with Crippen LogP contribution in [0.2, 0.25) is 0 Å². The van der Waals surface area contributed by atoms with Crippen LogP contribution in [0.15, 0.2) is 0 Å². The molecule has 0 saturated heterocycles. The molecule has 0 aromatic rings. The minimum absolute atomic E-state index is 0.565. The summed E-state index contributed by atoms with van der Waals surface area (Å²) in [6.45, 7) is 2.27. The first-order valence-corrected chi connectivity index (χ1v) is 3.37. The summed E-state index contributed by atoms with van der Waals surface area (Å²) in [4.78, 5) is 0. The molecule has 0 aromatic carbocycles. The van der Waals surface area contributed by atoms with Crippen LogP contribution >= 0.6 is 0 Å². The second-order valence-corrected chi connectivity index (χ2v) is 2.68. The van der Waals surface area contributed by atoms with Gasteiger partial charge in [0.2, 0.25) is 0 Å². The first-order valence-electron chi connectivity index (χ1n) is 3.37. The van der Waals surface area contributed by atoms with Gasteiger partial charge in [-0.1, -0.05) is 13.3 Å². The van der Waals surface area contributed by atoms with Crippen LogP contribution in [0.4, 0.5) is 0 Å². The maximum atomic E-state index is 5.22. The second kappa shape index (κ2) is 2.49. The molecule has 0 unspecified atom stereocenters. The smallest absolute Gasteiger partial charge is 0.0596 e. The number of methoxy groups -OCH3 is 1. The van der Waals surface area contributed by atoms with Gasteiger partial charge in [-0.05, 0) is 18.8 Å². The highest BCUT2D eigenvalue weighted by atomic mass is 16.5. The minimum Gasteiger partial charge on any atom is -0.381 e. The quantitative estimate of drug-likeness (QED) is 0.505. The molecule has 0 bridgehead atoms. The van der Waals surface area contributed by atoms with Gasteiger partial charge in [0.25, 0.3) is 0 Å². The highest BCUT2D eigenvalue weighted by Crippen LogP contribution is 2.26. The topological polar surface area (TPSA) is 9.23 Å². The van der Waals surface area contributed by atoms with Gasteiger partial charge in [0, 0.05) is 7.11 Å². The van der Waals surface area contributed by atoms with Crippen LogP contribution in [0.25, 0.3) is 0 Å². The Labute approximate surface area is 51.0 Å². The van der Waals surface area contributed by atoms with Crippen LogP contribution in [0.3, 0.4) is 0 Å². The number of rotatable bonds is 1. The van der Waals surface area contributed by atoms with Crippen LogP contribution in [0, 0.1) is 5.92 Å². The predicted octanol–water partition coefficient (Wildman–Crippen LogP) is 1.82. The monoisotopic (exact) mass is 114 g/mol. The van der Waals surface area contributed by atoms with Gasteiger partial charge in [0.15, 0.2) is 0 Å². The lowest BCUT2D eigenvalue weighted by molar-refractivity contribution is 0.0775. The summed E-state index contributed by atoms with van der Waals surface area (Å²) in [5, 5.41) is 0. The van der Waals surface area contributed by atoms with Crippen LogP contribution in [-0.4, -0.2) is 13.2 Å². The fourth-order valence-corrected chi connectivity index (χ4v) is 1.46. The summed E-state index contributed by atoms with van der Waals surface area (Å²) < 4.78 is 5.22. The van der Waals surface area contributed by atoms with E-state index < -0.39 is 0 Å². The largest absolute Gasteiger partial charge is 0.381 e. The van der Waals surface area contributed by atoms with Crippen LogP contribution < -0.4 is 0 Å². The van der Waals surface area contributed by atoms with Gasteiger partial charge >= 0.3 is 0 Å². The normalized spacial score (nSPS) is 38.2. The standard InChI is InChI=1S/C7H14O/c1-6-4-3-5-7(6)8-2/h6-7H,3-5H2,1-2H3/t6-,7-/m0/s1. The maximum absolute atomic E-state index is 5.22. The lowest BCUT2D eigenvalue weighted by Gasteiger charge is -2.11. The lowest BCUT2D eigenvalue weighted by atomic mass is 10.1. The van der Waals surface area contributed by atoms with Crippen molar-refractivity contribution in [2.75, 3.05) is 7.11 Å². The molecule has 1 heteroatoms. The second-order valence-electron chi connectivity index (χ2n) is 2.68. The van der Waals surface area contributed by atoms with Crippen molar-refractivity contribution in [3.8, 4) is 0 Å². The van der Waals surface area contributed by atoms with Gasteiger partial charge < -0.3 is 4.74 Å². The molecular weight excluding hydrogens is 100 g/mol. The SMILES string of the molecule is CO[C@H]1CCC[C@@H]1C. The zero-order valence-electron chi connectivity index (χ0n) is 5.68. The Morgan fingerprint density at radius 1 is 1.38 bits per heavy atom. The minimum atomic E-state index is 0.565. The molecule has 0 N–H and O–H groups in total. The predicted molar refractivity (Wildman–Crippen MR) is 33.8 cm³/mol. The average molecular weight is 114 g/mol. The van der Waals surface area contributed by atoms with Gasteiger partial charge in [0.1, 0.15) is 0 Å². The van der Waals surface area contributed by atoms with Crippen LogP contribution in [0.1, 0.15) is 26.2 Å². The molecule has 0 spiro atoms. The Hall–Kier alpha value is -0.0400. The maximum Gasteiger partial charge on any atom is 0.0596 e. The number of hydrogen-bond donors (Lipinski definition) is 0. The Balaban J connectivity index is 2.30. The Morgan fingerprint density at radius 3 is 2.38 bits per heavy atom. The number of ether oxygens (including phenoxy) is 1. The molecule has 1 rings (SSSR count). The van der Waals surface area contributed by atoms with Gasteiger partial charge in [-0.3, -0.25) is 0 Å². The molecule has 1 fully saturated rings. The summed E-state index contributed by atoms with van der Waals surface area (Å²) in [6, 6.07) is 0. The van der Waals surface area contributed by atoms with E-state index in [4.69, 9.17) is 4.74 Å². The van der Waals surface area contributed by atoms with E-state index in [9.17, 15) is 0 Å². The van der Waals surface area contributed by atoms with Crippen molar-refractivity contribution in [1.82, 2.24) is 0 Å². The van der Waals surface area contributed by atoms with E-state index in [1.807, 2.05) is 7.11 Å². The summed E-state index contributed by atoms with van der Waals surface area (Å²) in [5.41, 5.74) is 0. The fraction of sp³-hybridized carbons (Fsp3) is 1.00. The zero-order chi connectivity index (χ0) is 5.98. The van der Waals surface area contributed by atoms with Crippen LogP contribution in [0.5, 0.6) is 0 Å². The molecule has 1 aliphatic rings. The third-order valence-electron chi connectivity index (χ3n) is 2.09. The van der Waals surface area contributed by atoms with Gasteiger partial charge in [-0.25, -0.2) is 0 Å². The van der Waals surface area contributed by atoms with Gasteiger partial charge in [-0.2, -0.15) is 0 Å². The molecule has 0 amide bonds. The van der Waals surface area contributed by atoms with E-state index in [0.29, 0.717) is 6.10 Å². The Morgan fingerprint density at radius 2 is 2.12 bits per heavy atom. The van der Waals surface area contributed by atoms with Crippen molar-refractivity contribution in [3.05, 3.63) is 0 Å².